The Morgan fingerprint density at radius 3 is 2.52 bits per heavy atom. The lowest BCUT2D eigenvalue weighted by Gasteiger charge is -2.19. The summed E-state index contributed by atoms with van der Waals surface area (Å²) in [4.78, 5) is 30.6. The summed E-state index contributed by atoms with van der Waals surface area (Å²) >= 11 is 0. The molecule has 6 heteroatoms. The Bertz CT molecular complexity index is 1280. The number of benzene rings is 3. The van der Waals surface area contributed by atoms with Gasteiger partial charge in [-0.3, -0.25) is 4.79 Å². The van der Waals surface area contributed by atoms with Gasteiger partial charge < -0.3 is 14.5 Å². The van der Waals surface area contributed by atoms with Gasteiger partial charge >= 0.3 is 5.97 Å². The van der Waals surface area contributed by atoms with Crippen molar-refractivity contribution in [1.82, 2.24) is 4.98 Å². The van der Waals surface area contributed by atoms with E-state index in [-0.39, 0.29) is 5.91 Å². The van der Waals surface area contributed by atoms with Crippen LogP contribution in [0.1, 0.15) is 41.8 Å². The van der Waals surface area contributed by atoms with Crippen LogP contribution in [0, 0.1) is 6.92 Å². The molecule has 33 heavy (non-hydrogen) atoms. The largest absolute Gasteiger partial charge is 0.449 e. The number of carbonyl (C=O) groups is 2. The van der Waals surface area contributed by atoms with Gasteiger partial charge in [0.1, 0.15) is 5.52 Å². The van der Waals surface area contributed by atoms with Crippen LogP contribution in [0.4, 0.5) is 5.69 Å². The standard InChI is InChI=1S/C27H26N2O4/c1-4-18-12-10-11-17(3)24(18)29-25(30)22(5-2)33-27(31)20-14-7-6-13-19(20)26-28-21-15-8-9-16-23(21)32-26/h6-16,22H,4-5H2,1-3H3,(H,29,30). The highest BCUT2D eigenvalue weighted by atomic mass is 16.5. The Labute approximate surface area is 192 Å². The molecule has 1 N–H and O–H groups in total. The van der Waals surface area contributed by atoms with Crippen LogP contribution in [0.25, 0.3) is 22.6 Å². The average Bonchev–Trinajstić information content (AvgIpc) is 3.27. The van der Waals surface area contributed by atoms with Gasteiger partial charge in [0.2, 0.25) is 5.89 Å². The maximum atomic E-state index is 13.1. The van der Waals surface area contributed by atoms with E-state index in [1.54, 1.807) is 24.3 Å². The van der Waals surface area contributed by atoms with Crippen LogP contribution in [-0.4, -0.2) is 23.0 Å². The molecule has 1 aromatic heterocycles. The van der Waals surface area contributed by atoms with E-state index in [9.17, 15) is 9.59 Å². The van der Waals surface area contributed by atoms with Crippen LogP contribution in [0.15, 0.2) is 71.1 Å². The van der Waals surface area contributed by atoms with Crippen LogP contribution >= 0.6 is 0 Å². The molecule has 168 valence electrons. The topological polar surface area (TPSA) is 81.4 Å². The van der Waals surface area contributed by atoms with Gasteiger partial charge in [-0.1, -0.05) is 56.3 Å². The molecular formula is C27H26N2O4. The summed E-state index contributed by atoms with van der Waals surface area (Å²) in [6, 6.07) is 20.2. The Kier molecular flexibility index (Phi) is 6.54. The fourth-order valence-electron chi connectivity index (χ4n) is 3.76. The number of oxazole rings is 1. The minimum atomic E-state index is -0.932. The number of nitrogens with one attached hydrogen (secondary N) is 1. The number of amides is 1. The van der Waals surface area contributed by atoms with Crippen molar-refractivity contribution in [2.24, 2.45) is 0 Å². The number of carbonyl (C=O) groups excluding carboxylic acids is 2. The second-order valence-electron chi connectivity index (χ2n) is 7.79. The summed E-state index contributed by atoms with van der Waals surface area (Å²) in [6.07, 6.45) is 0.195. The Morgan fingerprint density at radius 1 is 1.00 bits per heavy atom. The zero-order chi connectivity index (χ0) is 23.4. The van der Waals surface area contributed by atoms with Crippen molar-refractivity contribution in [2.75, 3.05) is 5.32 Å². The first-order valence-electron chi connectivity index (χ1n) is 11.1. The molecule has 1 heterocycles. The molecule has 4 rings (SSSR count). The molecule has 1 atom stereocenters. The number of hydrogen-bond donors (Lipinski definition) is 1. The SMILES string of the molecule is CCc1cccc(C)c1NC(=O)C(CC)OC(=O)c1ccccc1-c1nc2ccccc2o1. The number of esters is 1. The van der Waals surface area contributed by atoms with Crippen LogP contribution in [0.2, 0.25) is 0 Å². The molecule has 0 fully saturated rings. The van der Waals surface area contributed by atoms with E-state index in [0.717, 1.165) is 23.2 Å². The van der Waals surface area contributed by atoms with Crippen LogP contribution in [0.3, 0.4) is 0 Å². The van der Waals surface area contributed by atoms with Gasteiger partial charge in [0.05, 0.1) is 11.1 Å². The molecule has 6 nitrogen and oxygen atoms in total. The lowest BCUT2D eigenvalue weighted by Crippen LogP contribution is -2.32. The highest BCUT2D eigenvalue weighted by molar-refractivity contribution is 6.00. The van der Waals surface area contributed by atoms with Gasteiger partial charge in [0.25, 0.3) is 5.91 Å². The van der Waals surface area contributed by atoms with Crippen molar-refractivity contribution >= 4 is 28.7 Å². The number of ether oxygens (including phenoxy) is 1. The van der Waals surface area contributed by atoms with Gasteiger partial charge in [0.15, 0.2) is 11.7 Å². The van der Waals surface area contributed by atoms with E-state index in [0.29, 0.717) is 34.5 Å². The summed E-state index contributed by atoms with van der Waals surface area (Å²) < 4.78 is 11.5. The minimum absolute atomic E-state index is 0.292. The van der Waals surface area contributed by atoms with Gasteiger partial charge in [0, 0.05) is 5.69 Å². The van der Waals surface area contributed by atoms with E-state index in [1.165, 1.54) is 0 Å². The number of para-hydroxylation sites is 3. The Morgan fingerprint density at radius 2 is 1.76 bits per heavy atom. The third-order valence-corrected chi connectivity index (χ3v) is 5.57. The molecule has 0 spiro atoms. The fourth-order valence-corrected chi connectivity index (χ4v) is 3.76. The summed E-state index contributed by atoms with van der Waals surface area (Å²) in [7, 11) is 0. The molecule has 0 aliphatic carbocycles. The molecular weight excluding hydrogens is 416 g/mol. The Balaban J connectivity index is 1.57. The van der Waals surface area contributed by atoms with Crippen molar-refractivity contribution in [3.05, 3.63) is 83.4 Å². The van der Waals surface area contributed by atoms with Crippen LogP contribution < -0.4 is 5.32 Å². The predicted molar refractivity (Wildman–Crippen MR) is 128 cm³/mol. The van der Waals surface area contributed by atoms with E-state index >= 15 is 0 Å². The van der Waals surface area contributed by atoms with E-state index in [4.69, 9.17) is 9.15 Å². The summed E-state index contributed by atoms with van der Waals surface area (Å²) in [5.74, 6) is -0.627. The Hall–Kier alpha value is -3.93. The second kappa shape index (κ2) is 9.69. The van der Waals surface area contributed by atoms with Gasteiger partial charge in [-0.25, -0.2) is 9.78 Å². The first-order chi connectivity index (χ1) is 16.0. The second-order valence-corrected chi connectivity index (χ2v) is 7.79. The number of anilines is 1. The van der Waals surface area contributed by atoms with Crippen molar-refractivity contribution in [3.8, 4) is 11.5 Å². The highest BCUT2D eigenvalue weighted by Crippen LogP contribution is 2.28. The van der Waals surface area contributed by atoms with Crippen LogP contribution in [-0.2, 0) is 16.0 Å². The fraction of sp³-hybridized carbons (Fsp3) is 0.222. The number of nitrogens with zero attached hydrogens (tertiary/aromatic N) is 1. The quantitative estimate of drug-likeness (QED) is 0.358. The zero-order valence-electron chi connectivity index (χ0n) is 18.9. The van der Waals surface area contributed by atoms with E-state index in [2.05, 4.69) is 10.3 Å². The van der Waals surface area contributed by atoms with Crippen molar-refractivity contribution in [2.45, 2.75) is 39.7 Å². The van der Waals surface area contributed by atoms with Gasteiger partial charge in [-0.2, -0.15) is 0 Å². The molecule has 3 aromatic carbocycles. The number of rotatable bonds is 7. The van der Waals surface area contributed by atoms with E-state index in [1.807, 2.05) is 63.2 Å². The first-order valence-corrected chi connectivity index (χ1v) is 11.1. The molecule has 1 amide bonds. The van der Waals surface area contributed by atoms with Gasteiger partial charge in [-0.15, -0.1) is 0 Å². The predicted octanol–water partition coefficient (Wildman–Crippen LogP) is 5.94. The summed E-state index contributed by atoms with van der Waals surface area (Å²) in [6.45, 7) is 5.78. The molecule has 0 aliphatic heterocycles. The number of fused-ring (bicyclic) bond motifs is 1. The number of aromatic nitrogens is 1. The smallest absolute Gasteiger partial charge is 0.339 e. The lowest BCUT2D eigenvalue weighted by molar-refractivity contribution is -0.124. The third kappa shape index (κ3) is 4.65. The number of aryl methyl sites for hydroxylation is 2. The molecule has 0 saturated heterocycles. The van der Waals surface area contributed by atoms with E-state index < -0.39 is 12.1 Å². The summed E-state index contributed by atoms with van der Waals surface area (Å²) in [5.41, 5.74) is 4.90. The van der Waals surface area contributed by atoms with Crippen molar-refractivity contribution < 1.29 is 18.7 Å². The zero-order valence-corrected chi connectivity index (χ0v) is 18.9. The van der Waals surface area contributed by atoms with Crippen molar-refractivity contribution in [1.29, 1.82) is 0 Å². The highest BCUT2D eigenvalue weighted by Gasteiger charge is 2.25. The first kappa shape index (κ1) is 22.3. The monoisotopic (exact) mass is 442 g/mol. The minimum Gasteiger partial charge on any atom is -0.449 e. The molecule has 0 bridgehead atoms. The van der Waals surface area contributed by atoms with Gasteiger partial charge in [-0.05, 0) is 55.2 Å². The van der Waals surface area contributed by atoms with Crippen LogP contribution in [0.5, 0.6) is 0 Å². The molecule has 0 saturated carbocycles. The average molecular weight is 443 g/mol. The third-order valence-electron chi connectivity index (χ3n) is 5.57. The molecule has 4 aromatic rings. The van der Waals surface area contributed by atoms with Crippen molar-refractivity contribution in [3.63, 3.8) is 0 Å². The normalized spacial score (nSPS) is 11.8. The summed E-state index contributed by atoms with van der Waals surface area (Å²) in [5, 5.41) is 2.95. The molecule has 0 aliphatic rings. The maximum Gasteiger partial charge on any atom is 0.339 e. The molecule has 1 unspecified atom stereocenters. The molecule has 0 radical (unpaired) electrons. The maximum absolute atomic E-state index is 13.1. The lowest BCUT2D eigenvalue weighted by atomic mass is 10.1. The number of hydrogen-bond acceptors (Lipinski definition) is 5.